The SMILES string of the molecule is CN=C(NCCc1csc(C)n1)N(C)Cc1ccc(OC)cc1OC. The van der Waals surface area contributed by atoms with Gasteiger partial charge in [-0.2, -0.15) is 0 Å². The van der Waals surface area contributed by atoms with Crippen molar-refractivity contribution in [2.45, 2.75) is 19.9 Å². The zero-order chi connectivity index (χ0) is 18.2. The summed E-state index contributed by atoms with van der Waals surface area (Å²) in [5, 5.41) is 6.59. The summed E-state index contributed by atoms with van der Waals surface area (Å²) in [4.78, 5) is 10.9. The van der Waals surface area contributed by atoms with E-state index in [-0.39, 0.29) is 0 Å². The third-order valence-corrected chi connectivity index (χ3v) is 4.63. The van der Waals surface area contributed by atoms with Crippen LogP contribution in [0.25, 0.3) is 0 Å². The molecule has 0 amide bonds. The van der Waals surface area contributed by atoms with E-state index in [2.05, 4.69) is 25.6 Å². The molecule has 0 aliphatic heterocycles. The summed E-state index contributed by atoms with van der Waals surface area (Å²) in [5.41, 5.74) is 2.19. The number of hydrogen-bond acceptors (Lipinski definition) is 5. The molecule has 1 heterocycles. The van der Waals surface area contributed by atoms with Gasteiger partial charge in [-0.3, -0.25) is 4.99 Å². The number of aliphatic imine (C=N–C) groups is 1. The average molecular weight is 362 g/mol. The second kappa shape index (κ2) is 9.27. The van der Waals surface area contributed by atoms with Gasteiger partial charge < -0.3 is 19.7 Å². The Morgan fingerprint density at radius 1 is 1.32 bits per heavy atom. The Morgan fingerprint density at radius 2 is 2.12 bits per heavy atom. The van der Waals surface area contributed by atoms with Gasteiger partial charge in [-0.25, -0.2) is 4.98 Å². The van der Waals surface area contributed by atoms with Gasteiger partial charge in [0.25, 0.3) is 0 Å². The molecule has 0 bridgehead atoms. The number of rotatable bonds is 7. The van der Waals surface area contributed by atoms with Gasteiger partial charge in [0, 0.05) is 50.6 Å². The van der Waals surface area contributed by atoms with E-state index in [1.807, 2.05) is 32.2 Å². The molecule has 0 unspecified atom stereocenters. The maximum Gasteiger partial charge on any atom is 0.193 e. The monoisotopic (exact) mass is 362 g/mol. The normalized spacial score (nSPS) is 11.3. The molecule has 0 saturated carbocycles. The molecule has 0 atom stereocenters. The topological polar surface area (TPSA) is 59.0 Å². The van der Waals surface area contributed by atoms with Crippen molar-refractivity contribution in [2.75, 3.05) is 34.9 Å². The van der Waals surface area contributed by atoms with Gasteiger partial charge in [0.1, 0.15) is 11.5 Å². The van der Waals surface area contributed by atoms with E-state index >= 15 is 0 Å². The van der Waals surface area contributed by atoms with Crippen LogP contribution < -0.4 is 14.8 Å². The molecule has 0 fully saturated rings. The Kier molecular flexibility index (Phi) is 7.06. The van der Waals surface area contributed by atoms with Crippen LogP contribution in [0.4, 0.5) is 0 Å². The van der Waals surface area contributed by atoms with Crippen molar-refractivity contribution in [2.24, 2.45) is 4.99 Å². The zero-order valence-electron chi connectivity index (χ0n) is 15.5. The molecule has 7 heteroatoms. The van der Waals surface area contributed by atoms with Crippen molar-refractivity contribution < 1.29 is 9.47 Å². The van der Waals surface area contributed by atoms with E-state index in [0.717, 1.165) is 46.7 Å². The highest BCUT2D eigenvalue weighted by atomic mass is 32.1. The van der Waals surface area contributed by atoms with Crippen LogP contribution in [0.3, 0.4) is 0 Å². The maximum absolute atomic E-state index is 5.47. The first kappa shape index (κ1) is 19.1. The Morgan fingerprint density at radius 3 is 2.72 bits per heavy atom. The molecule has 136 valence electrons. The smallest absolute Gasteiger partial charge is 0.193 e. The van der Waals surface area contributed by atoms with Gasteiger partial charge in [0.15, 0.2) is 5.96 Å². The number of methoxy groups -OCH3 is 2. The molecule has 6 nitrogen and oxygen atoms in total. The lowest BCUT2D eigenvalue weighted by Gasteiger charge is -2.23. The first-order valence-electron chi connectivity index (χ1n) is 8.11. The molecule has 0 spiro atoms. The summed E-state index contributed by atoms with van der Waals surface area (Å²) < 4.78 is 10.7. The molecule has 2 aromatic rings. The predicted molar refractivity (Wildman–Crippen MR) is 103 cm³/mol. The lowest BCUT2D eigenvalue weighted by atomic mass is 10.2. The van der Waals surface area contributed by atoms with Crippen LogP contribution in [-0.4, -0.2) is 50.7 Å². The Hall–Kier alpha value is -2.28. The fourth-order valence-corrected chi connectivity index (χ4v) is 3.17. The number of aromatic nitrogens is 1. The Balaban J connectivity index is 1.94. The van der Waals surface area contributed by atoms with E-state index in [1.54, 1.807) is 32.6 Å². The number of ether oxygens (including phenoxy) is 2. The highest BCUT2D eigenvalue weighted by molar-refractivity contribution is 7.09. The van der Waals surface area contributed by atoms with Crippen LogP contribution in [0.5, 0.6) is 11.5 Å². The number of nitrogens with zero attached hydrogens (tertiary/aromatic N) is 3. The lowest BCUT2D eigenvalue weighted by molar-refractivity contribution is 0.382. The van der Waals surface area contributed by atoms with Gasteiger partial charge in [-0.15, -0.1) is 11.3 Å². The van der Waals surface area contributed by atoms with E-state index in [4.69, 9.17) is 9.47 Å². The van der Waals surface area contributed by atoms with Gasteiger partial charge in [0.05, 0.1) is 24.9 Å². The van der Waals surface area contributed by atoms with Gasteiger partial charge in [-0.1, -0.05) is 0 Å². The van der Waals surface area contributed by atoms with Crippen molar-refractivity contribution in [1.29, 1.82) is 0 Å². The highest BCUT2D eigenvalue weighted by Crippen LogP contribution is 2.25. The standard InChI is InChI=1S/C18H26N4O2S/c1-13-21-15(12-25-13)8-9-20-18(19-2)22(3)11-14-6-7-16(23-4)10-17(14)24-5/h6-7,10,12H,8-9,11H2,1-5H3,(H,19,20). The number of hydrogen-bond donors (Lipinski definition) is 1. The highest BCUT2D eigenvalue weighted by Gasteiger charge is 2.11. The molecule has 1 aromatic carbocycles. The third-order valence-electron chi connectivity index (χ3n) is 3.81. The second-order valence-corrected chi connectivity index (χ2v) is 6.68. The van der Waals surface area contributed by atoms with E-state index in [0.29, 0.717) is 6.54 Å². The van der Waals surface area contributed by atoms with Gasteiger partial charge in [0.2, 0.25) is 0 Å². The van der Waals surface area contributed by atoms with Crippen LogP contribution in [0.1, 0.15) is 16.3 Å². The van der Waals surface area contributed by atoms with Crippen LogP contribution in [0.15, 0.2) is 28.6 Å². The largest absolute Gasteiger partial charge is 0.497 e. The summed E-state index contributed by atoms with van der Waals surface area (Å²) in [6, 6.07) is 5.84. The van der Waals surface area contributed by atoms with E-state index in [9.17, 15) is 0 Å². The molecule has 0 aliphatic carbocycles. The van der Waals surface area contributed by atoms with Crippen molar-refractivity contribution in [1.82, 2.24) is 15.2 Å². The molecule has 25 heavy (non-hydrogen) atoms. The minimum Gasteiger partial charge on any atom is -0.497 e. The summed E-state index contributed by atoms with van der Waals surface area (Å²) in [5.74, 6) is 2.42. The van der Waals surface area contributed by atoms with E-state index in [1.165, 1.54) is 0 Å². The lowest BCUT2D eigenvalue weighted by Crippen LogP contribution is -2.39. The maximum atomic E-state index is 5.47. The number of nitrogens with one attached hydrogen (secondary N) is 1. The van der Waals surface area contributed by atoms with Crippen molar-refractivity contribution in [3.05, 3.63) is 39.8 Å². The number of aryl methyl sites for hydroxylation is 1. The van der Waals surface area contributed by atoms with Crippen molar-refractivity contribution in [3.63, 3.8) is 0 Å². The molecule has 2 rings (SSSR count). The van der Waals surface area contributed by atoms with Gasteiger partial charge in [-0.05, 0) is 19.1 Å². The number of thiazole rings is 1. The second-order valence-electron chi connectivity index (χ2n) is 5.62. The summed E-state index contributed by atoms with van der Waals surface area (Å²) in [7, 11) is 7.11. The fraction of sp³-hybridized carbons (Fsp3) is 0.444. The number of guanidine groups is 1. The number of benzene rings is 1. The summed E-state index contributed by atoms with van der Waals surface area (Å²) in [6.45, 7) is 3.50. The third kappa shape index (κ3) is 5.35. The first-order valence-corrected chi connectivity index (χ1v) is 8.99. The fourth-order valence-electron chi connectivity index (χ4n) is 2.52. The zero-order valence-corrected chi connectivity index (χ0v) is 16.3. The molecule has 1 aromatic heterocycles. The molecule has 0 saturated heterocycles. The quantitative estimate of drug-likeness (QED) is 0.606. The predicted octanol–water partition coefficient (Wildman–Crippen LogP) is 2.72. The van der Waals surface area contributed by atoms with Gasteiger partial charge >= 0.3 is 0 Å². The van der Waals surface area contributed by atoms with Crippen LogP contribution in [0.2, 0.25) is 0 Å². The molecular formula is C18H26N4O2S. The first-order chi connectivity index (χ1) is 12.1. The Labute approximate surface area is 153 Å². The summed E-state index contributed by atoms with van der Waals surface area (Å²) >= 11 is 1.68. The molecule has 0 radical (unpaired) electrons. The molecular weight excluding hydrogens is 336 g/mol. The van der Waals surface area contributed by atoms with Crippen LogP contribution in [0, 0.1) is 6.92 Å². The Bertz CT molecular complexity index is 715. The van der Waals surface area contributed by atoms with Crippen molar-refractivity contribution in [3.8, 4) is 11.5 Å². The van der Waals surface area contributed by atoms with Crippen LogP contribution in [-0.2, 0) is 13.0 Å². The summed E-state index contributed by atoms with van der Waals surface area (Å²) in [6.07, 6.45) is 0.878. The minimum absolute atomic E-state index is 0.683. The van der Waals surface area contributed by atoms with Crippen LogP contribution >= 0.6 is 11.3 Å². The average Bonchev–Trinajstić information content (AvgIpc) is 3.04. The minimum atomic E-state index is 0.683. The van der Waals surface area contributed by atoms with Crippen molar-refractivity contribution >= 4 is 17.3 Å². The molecule has 1 N–H and O–H groups in total. The van der Waals surface area contributed by atoms with E-state index < -0.39 is 0 Å². The molecule has 0 aliphatic rings.